The summed E-state index contributed by atoms with van der Waals surface area (Å²) in [6.07, 6.45) is 2.69. The molecule has 3 aromatic rings. The number of hydrogen-bond donors (Lipinski definition) is 0. The van der Waals surface area contributed by atoms with Crippen molar-refractivity contribution in [3.63, 3.8) is 0 Å². The van der Waals surface area contributed by atoms with Crippen LogP contribution in [-0.4, -0.2) is 62.2 Å². The molecule has 0 spiro atoms. The Labute approximate surface area is 168 Å². The Balaban J connectivity index is 1.56. The van der Waals surface area contributed by atoms with Crippen molar-refractivity contribution in [3.05, 3.63) is 60.2 Å². The summed E-state index contributed by atoms with van der Waals surface area (Å²) < 4.78 is 9.45. The van der Waals surface area contributed by atoms with Crippen molar-refractivity contribution in [1.29, 1.82) is 0 Å². The van der Waals surface area contributed by atoms with Crippen molar-refractivity contribution in [2.24, 2.45) is 7.05 Å². The standard InChI is InChI=1S/C20H23N5O2S/c1-23-9-5-8-17(23)14-18-21-22-20(25(18)16-6-3-2-4-7-16)28-15-19(26)24-10-12-27-13-11-24/h2-9H,10-15H2,1H3. The molecular weight excluding hydrogens is 374 g/mol. The zero-order valence-electron chi connectivity index (χ0n) is 15.8. The molecule has 0 atom stereocenters. The number of aryl methyl sites for hydroxylation is 1. The van der Waals surface area contributed by atoms with E-state index in [0.717, 1.165) is 22.4 Å². The largest absolute Gasteiger partial charge is 0.378 e. The zero-order chi connectivity index (χ0) is 19.3. The van der Waals surface area contributed by atoms with Crippen LogP contribution in [0.25, 0.3) is 5.69 Å². The predicted molar refractivity (Wildman–Crippen MR) is 108 cm³/mol. The van der Waals surface area contributed by atoms with Gasteiger partial charge in [0, 0.05) is 44.1 Å². The normalized spacial score (nSPS) is 14.4. The molecule has 0 saturated carbocycles. The van der Waals surface area contributed by atoms with Gasteiger partial charge >= 0.3 is 0 Å². The van der Waals surface area contributed by atoms with Gasteiger partial charge < -0.3 is 14.2 Å². The molecule has 2 aromatic heterocycles. The van der Waals surface area contributed by atoms with Crippen LogP contribution in [0.4, 0.5) is 0 Å². The van der Waals surface area contributed by atoms with Gasteiger partial charge in [0.1, 0.15) is 5.82 Å². The Hall–Kier alpha value is -2.58. The number of carbonyl (C=O) groups is 1. The number of hydrogen-bond acceptors (Lipinski definition) is 5. The van der Waals surface area contributed by atoms with Crippen LogP contribution in [0.15, 0.2) is 53.8 Å². The molecule has 4 rings (SSSR count). The summed E-state index contributed by atoms with van der Waals surface area (Å²) in [5.41, 5.74) is 2.16. The lowest BCUT2D eigenvalue weighted by molar-refractivity contribution is -0.132. The first kappa shape index (κ1) is 18.8. The van der Waals surface area contributed by atoms with E-state index in [1.165, 1.54) is 11.8 Å². The number of thioether (sulfide) groups is 1. The molecule has 0 aliphatic carbocycles. The number of benzene rings is 1. The molecule has 28 heavy (non-hydrogen) atoms. The van der Waals surface area contributed by atoms with Crippen LogP contribution in [0.3, 0.4) is 0 Å². The van der Waals surface area contributed by atoms with E-state index in [0.29, 0.717) is 38.5 Å². The molecule has 0 unspecified atom stereocenters. The van der Waals surface area contributed by atoms with Crippen molar-refractivity contribution < 1.29 is 9.53 Å². The molecule has 8 heteroatoms. The van der Waals surface area contributed by atoms with Gasteiger partial charge in [-0.1, -0.05) is 30.0 Å². The fraction of sp³-hybridized carbons (Fsp3) is 0.350. The molecule has 1 aliphatic rings. The molecule has 7 nitrogen and oxygen atoms in total. The third-order valence-electron chi connectivity index (χ3n) is 4.79. The first-order chi connectivity index (χ1) is 13.7. The first-order valence-corrected chi connectivity index (χ1v) is 10.3. The second-order valence-corrected chi connectivity index (χ2v) is 7.58. The van der Waals surface area contributed by atoms with Crippen molar-refractivity contribution in [2.75, 3.05) is 32.1 Å². The quantitative estimate of drug-likeness (QED) is 0.597. The number of rotatable bonds is 6. The van der Waals surface area contributed by atoms with Crippen molar-refractivity contribution in [3.8, 4) is 5.69 Å². The zero-order valence-corrected chi connectivity index (χ0v) is 16.6. The Morgan fingerprint density at radius 2 is 1.89 bits per heavy atom. The number of carbonyl (C=O) groups excluding carboxylic acids is 1. The highest BCUT2D eigenvalue weighted by Gasteiger charge is 2.20. The van der Waals surface area contributed by atoms with E-state index in [-0.39, 0.29) is 5.91 Å². The van der Waals surface area contributed by atoms with Crippen LogP contribution in [0.1, 0.15) is 11.5 Å². The van der Waals surface area contributed by atoms with Gasteiger partial charge in [0.05, 0.1) is 19.0 Å². The molecule has 3 heterocycles. The molecule has 1 fully saturated rings. The first-order valence-electron chi connectivity index (χ1n) is 9.30. The second-order valence-electron chi connectivity index (χ2n) is 6.64. The van der Waals surface area contributed by atoms with Crippen LogP contribution in [0.5, 0.6) is 0 Å². The molecule has 146 valence electrons. The summed E-state index contributed by atoms with van der Waals surface area (Å²) in [6.45, 7) is 2.53. The number of morpholine rings is 1. The molecule has 0 N–H and O–H groups in total. The van der Waals surface area contributed by atoms with Gasteiger partial charge in [0.15, 0.2) is 5.16 Å². The summed E-state index contributed by atoms with van der Waals surface area (Å²) in [6, 6.07) is 14.1. The second kappa shape index (κ2) is 8.62. The van der Waals surface area contributed by atoms with E-state index in [9.17, 15) is 4.79 Å². The Kier molecular flexibility index (Phi) is 5.78. The minimum absolute atomic E-state index is 0.111. The van der Waals surface area contributed by atoms with Gasteiger partial charge in [-0.25, -0.2) is 0 Å². The molecule has 1 aromatic carbocycles. The van der Waals surface area contributed by atoms with E-state index >= 15 is 0 Å². The van der Waals surface area contributed by atoms with E-state index in [1.807, 2.05) is 59.1 Å². The maximum Gasteiger partial charge on any atom is 0.233 e. The topological polar surface area (TPSA) is 65.2 Å². The average Bonchev–Trinajstić information content (AvgIpc) is 3.33. The van der Waals surface area contributed by atoms with E-state index < -0.39 is 0 Å². The molecule has 0 bridgehead atoms. The molecular formula is C20H23N5O2S. The number of amides is 1. The highest BCUT2D eigenvalue weighted by molar-refractivity contribution is 7.99. The average molecular weight is 398 g/mol. The molecule has 1 amide bonds. The third-order valence-corrected chi connectivity index (χ3v) is 5.71. The predicted octanol–water partition coefficient (Wildman–Crippen LogP) is 2.15. The van der Waals surface area contributed by atoms with Crippen molar-refractivity contribution in [1.82, 2.24) is 24.2 Å². The van der Waals surface area contributed by atoms with Gasteiger partial charge in [0.25, 0.3) is 0 Å². The van der Waals surface area contributed by atoms with Crippen molar-refractivity contribution in [2.45, 2.75) is 11.6 Å². The fourth-order valence-corrected chi connectivity index (χ4v) is 4.09. The van der Waals surface area contributed by atoms with E-state index in [1.54, 1.807) is 0 Å². The molecule has 1 saturated heterocycles. The lowest BCUT2D eigenvalue weighted by atomic mass is 10.2. The number of aromatic nitrogens is 4. The van der Waals surface area contributed by atoms with Gasteiger partial charge in [-0.05, 0) is 24.3 Å². The number of ether oxygens (including phenoxy) is 1. The van der Waals surface area contributed by atoms with E-state index in [2.05, 4.69) is 20.8 Å². The van der Waals surface area contributed by atoms with Gasteiger partial charge in [-0.2, -0.15) is 0 Å². The molecule has 0 radical (unpaired) electrons. The van der Waals surface area contributed by atoms with Crippen molar-refractivity contribution >= 4 is 17.7 Å². The number of nitrogens with zero attached hydrogens (tertiary/aromatic N) is 5. The maximum absolute atomic E-state index is 12.5. The summed E-state index contributed by atoms with van der Waals surface area (Å²) in [5, 5.41) is 9.56. The third kappa shape index (κ3) is 4.13. The van der Waals surface area contributed by atoms with Crippen LogP contribution in [0.2, 0.25) is 0 Å². The van der Waals surface area contributed by atoms with Gasteiger partial charge in [-0.3, -0.25) is 9.36 Å². The fourth-order valence-electron chi connectivity index (χ4n) is 3.22. The lowest BCUT2D eigenvalue weighted by Gasteiger charge is -2.26. The van der Waals surface area contributed by atoms with Crippen LogP contribution in [-0.2, 0) is 23.0 Å². The Bertz CT molecular complexity index is 931. The summed E-state index contributed by atoms with van der Waals surface area (Å²) in [7, 11) is 2.02. The SMILES string of the molecule is Cn1cccc1Cc1nnc(SCC(=O)N2CCOCC2)n1-c1ccccc1. The van der Waals surface area contributed by atoms with Gasteiger partial charge in [0.2, 0.25) is 5.91 Å². The highest BCUT2D eigenvalue weighted by atomic mass is 32.2. The summed E-state index contributed by atoms with van der Waals surface area (Å²) in [4.78, 5) is 14.4. The van der Waals surface area contributed by atoms with E-state index in [4.69, 9.17) is 4.74 Å². The minimum Gasteiger partial charge on any atom is -0.378 e. The Morgan fingerprint density at radius 3 is 2.61 bits per heavy atom. The van der Waals surface area contributed by atoms with Crippen LogP contribution >= 0.6 is 11.8 Å². The summed E-state index contributed by atoms with van der Waals surface area (Å²) >= 11 is 1.43. The highest BCUT2D eigenvalue weighted by Crippen LogP contribution is 2.24. The smallest absolute Gasteiger partial charge is 0.233 e. The maximum atomic E-state index is 12.5. The van der Waals surface area contributed by atoms with Crippen LogP contribution in [0, 0.1) is 0 Å². The van der Waals surface area contributed by atoms with Crippen LogP contribution < -0.4 is 0 Å². The number of para-hydroxylation sites is 1. The minimum atomic E-state index is 0.111. The van der Waals surface area contributed by atoms with Gasteiger partial charge in [-0.15, -0.1) is 10.2 Å². The lowest BCUT2D eigenvalue weighted by Crippen LogP contribution is -2.41. The molecule has 1 aliphatic heterocycles. The monoisotopic (exact) mass is 397 g/mol. The summed E-state index contributed by atoms with van der Waals surface area (Å²) in [5.74, 6) is 1.31. The Morgan fingerprint density at radius 1 is 1.11 bits per heavy atom.